The first kappa shape index (κ1) is 19.0. The number of fused-ring (bicyclic) bond motifs is 2. The van der Waals surface area contributed by atoms with Crippen molar-refractivity contribution in [2.75, 3.05) is 0 Å². The molecule has 26 heavy (non-hydrogen) atoms. The molecular weight excluding hydrogens is 340 g/mol. The average molecular weight is 369 g/mol. The summed E-state index contributed by atoms with van der Waals surface area (Å²) in [5, 5.41) is 1.67. The number of hydrogen-bond acceptors (Lipinski definition) is 3. The van der Waals surface area contributed by atoms with Crippen molar-refractivity contribution >= 4 is 39.4 Å². The minimum atomic E-state index is 0.0189. The third-order valence-corrected chi connectivity index (χ3v) is 6.41. The van der Waals surface area contributed by atoms with Gasteiger partial charge in [-0.3, -0.25) is 9.59 Å². The number of carbonyl (C=O) groups excluding carboxylic acids is 1. The monoisotopic (exact) mass is 368 g/mol. The first-order valence-corrected chi connectivity index (χ1v) is 10.7. The van der Waals surface area contributed by atoms with E-state index in [1.165, 1.54) is 12.8 Å². The van der Waals surface area contributed by atoms with E-state index in [0.717, 1.165) is 57.5 Å². The van der Waals surface area contributed by atoms with E-state index in [1.54, 1.807) is 11.3 Å². The number of rotatable bonds is 8. The first-order chi connectivity index (χ1) is 12.6. The van der Waals surface area contributed by atoms with Gasteiger partial charge in [-0.25, -0.2) is 0 Å². The van der Waals surface area contributed by atoms with Crippen LogP contribution < -0.4 is 15.2 Å². The van der Waals surface area contributed by atoms with E-state index in [-0.39, 0.29) is 11.3 Å². The van der Waals surface area contributed by atoms with Crippen molar-refractivity contribution in [1.29, 1.82) is 0 Å². The van der Waals surface area contributed by atoms with Crippen LogP contribution in [0.25, 0.3) is 22.2 Å². The fourth-order valence-electron chi connectivity index (χ4n) is 3.63. The second-order valence-electron chi connectivity index (χ2n) is 7.41. The van der Waals surface area contributed by atoms with E-state index >= 15 is 0 Å². The smallest absolute Gasteiger partial charge is 0.195 e. The fourth-order valence-corrected chi connectivity index (χ4v) is 4.75. The minimum Gasteiger partial charge on any atom is -0.299 e. The van der Waals surface area contributed by atoms with E-state index in [4.69, 9.17) is 0 Å². The Bertz CT molecular complexity index is 968. The molecule has 3 rings (SSSR count). The van der Waals surface area contributed by atoms with Crippen LogP contribution in [0.3, 0.4) is 0 Å². The molecule has 2 aromatic rings. The molecule has 0 saturated carbocycles. The maximum atomic E-state index is 12.8. The summed E-state index contributed by atoms with van der Waals surface area (Å²) in [5.74, 6) is 0.366. The molecule has 0 saturated heterocycles. The van der Waals surface area contributed by atoms with Crippen molar-refractivity contribution in [3.8, 4) is 0 Å². The van der Waals surface area contributed by atoms with Gasteiger partial charge in [-0.2, -0.15) is 0 Å². The molecule has 1 aliphatic rings. The first-order valence-electron chi connectivity index (χ1n) is 9.89. The number of Topliss-reactive ketones (excluding diaryl/α,β-unsaturated/α-hetero) is 1. The number of carbonyl (C=O) groups is 1. The van der Waals surface area contributed by atoms with Crippen LogP contribution in [-0.4, -0.2) is 5.78 Å². The highest BCUT2D eigenvalue weighted by Crippen LogP contribution is 2.18. The highest BCUT2D eigenvalue weighted by Gasteiger charge is 2.14. The maximum Gasteiger partial charge on any atom is 0.195 e. The summed E-state index contributed by atoms with van der Waals surface area (Å²) in [6.07, 6.45) is 12.2. The van der Waals surface area contributed by atoms with Crippen LogP contribution in [0.1, 0.15) is 64.4 Å². The lowest BCUT2D eigenvalue weighted by Crippen LogP contribution is -2.38. The third kappa shape index (κ3) is 4.32. The Kier molecular flexibility index (Phi) is 6.42. The van der Waals surface area contributed by atoms with Crippen molar-refractivity contribution in [3.05, 3.63) is 43.7 Å². The molecule has 1 aromatic heterocycles. The van der Waals surface area contributed by atoms with Crippen LogP contribution in [0.15, 0.2) is 23.0 Å². The van der Waals surface area contributed by atoms with E-state index in [2.05, 4.69) is 31.2 Å². The molecule has 0 fully saturated rings. The Labute approximate surface area is 159 Å². The lowest BCUT2D eigenvalue weighted by molar-refractivity contribution is -0.122. The summed E-state index contributed by atoms with van der Waals surface area (Å²) < 4.78 is 2.15. The van der Waals surface area contributed by atoms with Gasteiger partial charge in [-0.15, -0.1) is 11.3 Å². The fraction of sp³-hybridized carbons (Fsp3) is 0.478. The van der Waals surface area contributed by atoms with E-state index < -0.39 is 0 Å². The Hall–Kier alpha value is -1.74. The van der Waals surface area contributed by atoms with E-state index in [1.807, 2.05) is 13.0 Å². The van der Waals surface area contributed by atoms with E-state index in [9.17, 15) is 9.59 Å². The number of unbranched alkanes of at least 4 members (excludes halogenated alkanes) is 3. The van der Waals surface area contributed by atoms with Crippen LogP contribution >= 0.6 is 11.3 Å². The molecule has 0 aliphatic heterocycles. The molecule has 3 heteroatoms. The lowest BCUT2D eigenvalue weighted by Gasteiger charge is -2.11. The van der Waals surface area contributed by atoms with Gasteiger partial charge >= 0.3 is 0 Å². The van der Waals surface area contributed by atoms with Crippen molar-refractivity contribution in [3.63, 3.8) is 0 Å². The van der Waals surface area contributed by atoms with Gasteiger partial charge in [0.05, 0.1) is 0 Å². The zero-order valence-electron chi connectivity index (χ0n) is 15.8. The van der Waals surface area contributed by atoms with Crippen molar-refractivity contribution < 1.29 is 4.79 Å². The van der Waals surface area contributed by atoms with Crippen molar-refractivity contribution in [1.82, 2.24) is 0 Å². The average Bonchev–Trinajstić information content (AvgIpc) is 2.66. The van der Waals surface area contributed by atoms with Gasteiger partial charge in [-0.1, -0.05) is 51.3 Å². The summed E-state index contributed by atoms with van der Waals surface area (Å²) in [7, 11) is 0. The van der Waals surface area contributed by atoms with Crippen molar-refractivity contribution in [2.24, 2.45) is 5.92 Å². The Morgan fingerprint density at radius 1 is 1.15 bits per heavy atom. The molecule has 2 nitrogen and oxygen atoms in total. The molecule has 0 N–H and O–H groups in total. The standard InChI is InChI=1S/C23H28O2S/c1-3-4-5-6-10-20(24)16(2)14-17-12-13-22-19(15-17)23(25)18-9-7-8-11-21(18)26-22/h9,11-13,15-16H,3-8,10,14H2,1-2H3. The topological polar surface area (TPSA) is 34.1 Å². The second kappa shape index (κ2) is 8.77. The Morgan fingerprint density at radius 3 is 2.77 bits per heavy atom. The predicted molar refractivity (Wildman–Crippen MR) is 112 cm³/mol. The summed E-state index contributed by atoms with van der Waals surface area (Å²) >= 11 is 1.70. The van der Waals surface area contributed by atoms with Crippen LogP contribution in [0.5, 0.6) is 0 Å². The van der Waals surface area contributed by atoms with Crippen LogP contribution in [0.2, 0.25) is 0 Å². The minimum absolute atomic E-state index is 0.0189. The molecule has 0 radical (unpaired) electrons. The summed E-state index contributed by atoms with van der Waals surface area (Å²) in [6.45, 7) is 4.20. The molecule has 0 spiro atoms. The zero-order valence-corrected chi connectivity index (χ0v) is 16.7. The number of benzene rings is 1. The molecular formula is C23H28O2S. The number of hydrogen-bond donors (Lipinski definition) is 0. The normalized spacial score (nSPS) is 14.4. The van der Waals surface area contributed by atoms with Crippen molar-refractivity contribution in [2.45, 2.75) is 65.2 Å². The summed E-state index contributed by atoms with van der Waals surface area (Å²) in [4.78, 5) is 25.2. The highest BCUT2D eigenvalue weighted by atomic mass is 32.1. The molecule has 1 aromatic carbocycles. The van der Waals surface area contributed by atoms with Gasteiger partial charge in [0.25, 0.3) is 0 Å². The lowest BCUT2D eigenvalue weighted by atomic mass is 9.93. The second-order valence-corrected chi connectivity index (χ2v) is 8.49. The maximum absolute atomic E-state index is 12.8. The van der Waals surface area contributed by atoms with Crippen LogP contribution in [0, 0.1) is 5.92 Å². The molecule has 1 unspecified atom stereocenters. The molecule has 1 heterocycles. The largest absolute Gasteiger partial charge is 0.299 e. The molecule has 0 amide bonds. The zero-order chi connectivity index (χ0) is 18.5. The van der Waals surface area contributed by atoms with Gasteiger partial charge in [0.1, 0.15) is 5.78 Å². The summed E-state index contributed by atoms with van der Waals surface area (Å²) in [6, 6.07) is 6.15. The van der Waals surface area contributed by atoms with E-state index in [0.29, 0.717) is 12.2 Å². The molecule has 1 aliphatic carbocycles. The third-order valence-electron chi connectivity index (χ3n) is 5.23. The predicted octanol–water partition coefficient (Wildman–Crippen LogP) is 4.33. The SMILES string of the molecule is CCCCCCC(=O)C(C)Cc1ccc2sc3c(c(=O)c2c1)=CCCC=3. The molecule has 1 atom stereocenters. The van der Waals surface area contributed by atoms with Gasteiger partial charge < -0.3 is 0 Å². The molecule has 0 bridgehead atoms. The van der Waals surface area contributed by atoms with Crippen LogP contribution in [-0.2, 0) is 11.2 Å². The van der Waals surface area contributed by atoms with Gasteiger partial charge in [-0.05, 0) is 43.4 Å². The summed E-state index contributed by atoms with van der Waals surface area (Å²) in [5.41, 5.74) is 1.24. The quantitative estimate of drug-likeness (QED) is 0.650. The Balaban J connectivity index is 1.78. The highest BCUT2D eigenvalue weighted by molar-refractivity contribution is 7.16. The van der Waals surface area contributed by atoms with Gasteiger partial charge in [0.15, 0.2) is 5.43 Å². The Morgan fingerprint density at radius 2 is 1.96 bits per heavy atom. The van der Waals surface area contributed by atoms with Gasteiger partial charge in [0.2, 0.25) is 0 Å². The number of ketones is 1. The van der Waals surface area contributed by atoms with Crippen LogP contribution in [0.4, 0.5) is 0 Å². The molecule has 138 valence electrons. The van der Waals surface area contributed by atoms with Gasteiger partial charge in [0, 0.05) is 32.2 Å².